The second-order valence-corrected chi connectivity index (χ2v) is 7.98. The standard InChI is InChI=1S/C15H20ClNO4S/c1-15(2,3)21-14(18)11-8-12(22(19)20)13(17-11)9-6-4-5-7-10(9)16/h4-7,11-13,17,22H,8H2,1-3H3/t11?,12-,13?/m0/s1. The molecule has 1 N–H and O–H groups in total. The summed E-state index contributed by atoms with van der Waals surface area (Å²) in [5.74, 6) is -0.441. The fourth-order valence-corrected chi connectivity index (χ4v) is 3.67. The smallest absolute Gasteiger partial charge is 0.323 e. The van der Waals surface area contributed by atoms with E-state index in [1.165, 1.54) is 0 Å². The van der Waals surface area contributed by atoms with Crippen molar-refractivity contribution in [2.75, 3.05) is 0 Å². The van der Waals surface area contributed by atoms with Crippen molar-refractivity contribution in [3.8, 4) is 0 Å². The third-order valence-corrected chi connectivity index (χ3v) is 4.84. The van der Waals surface area contributed by atoms with Crippen molar-refractivity contribution in [2.45, 2.75) is 50.1 Å². The Morgan fingerprint density at radius 3 is 2.50 bits per heavy atom. The molecule has 122 valence electrons. The number of nitrogens with one attached hydrogen (secondary N) is 1. The summed E-state index contributed by atoms with van der Waals surface area (Å²) in [4.78, 5) is 12.2. The molecule has 1 saturated heterocycles. The van der Waals surface area contributed by atoms with E-state index in [1.54, 1.807) is 45.0 Å². The number of benzene rings is 1. The van der Waals surface area contributed by atoms with E-state index in [0.29, 0.717) is 10.6 Å². The van der Waals surface area contributed by atoms with E-state index in [2.05, 4.69) is 5.32 Å². The second-order valence-electron chi connectivity index (χ2n) is 6.34. The number of carbonyl (C=O) groups is 1. The zero-order valence-electron chi connectivity index (χ0n) is 12.7. The van der Waals surface area contributed by atoms with Crippen LogP contribution in [-0.4, -0.2) is 31.3 Å². The molecule has 22 heavy (non-hydrogen) atoms. The summed E-state index contributed by atoms with van der Waals surface area (Å²) in [6, 6.07) is 5.87. The summed E-state index contributed by atoms with van der Waals surface area (Å²) in [7, 11) is -2.69. The SMILES string of the molecule is CC(C)(C)OC(=O)C1C[C@H]([SH](=O)=O)C(c2ccccc2Cl)N1. The third-order valence-electron chi connectivity index (χ3n) is 3.45. The van der Waals surface area contributed by atoms with Crippen molar-refractivity contribution in [3.05, 3.63) is 34.9 Å². The lowest BCUT2D eigenvalue weighted by atomic mass is 10.0. The molecule has 0 bridgehead atoms. The van der Waals surface area contributed by atoms with Crippen molar-refractivity contribution in [2.24, 2.45) is 0 Å². The van der Waals surface area contributed by atoms with Crippen molar-refractivity contribution in [1.82, 2.24) is 5.32 Å². The average molecular weight is 346 g/mol. The van der Waals surface area contributed by atoms with Gasteiger partial charge in [-0.2, -0.15) is 0 Å². The van der Waals surface area contributed by atoms with Gasteiger partial charge in [-0.05, 0) is 38.8 Å². The molecule has 2 rings (SSSR count). The Bertz CT molecular complexity index is 631. The summed E-state index contributed by atoms with van der Waals surface area (Å²) < 4.78 is 28.4. The largest absolute Gasteiger partial charge is 0.459 e. The summed E-state index contributed by atoms with van der Waals surface area (Å²) >= 11 is 6.15. The fraction of sp³-hybridized carbons (Fsp3) is 0.533. The van der Waals surface area contributed by atoms with Gasteiger partial charge in [-0.3, -0.25) is 10.1 Å². The molecule has 0 aromatic heterocycles. The maximum absolute atomic E-state index is 12.2. The van der Waals surface area contributed by atoms with E-state index < -0.39 is 39.6 Å². The van der Waals surface area contributed by atoms with Crippen LogP contribution in [0.25, 0.3) is 0 Å². The van der Waals surface area contributed by atoms with E-state index in [9.17, 15) is 13.2 Å². The second kappa shape index (κ2) is 6.56. The molecular formula is C15H20ClNO4S. The highest BCUT2D eigenvalue weighted by molar-refractivity contribution is 7.73. The lowest BCUT2D eigenvalue weighted by Crippen LogP contribution is -2.38. The first-order valence-corrected chi connectivity index (χ1v) is 8.68. The number of halogens is 1. The summed E-state index contributed by atoms with van der Waals surface area (Å²) in [5.41, 5.74) is 0.0653. The van der Waals surface area contributed by atoms with Crippen LogP contribution in [0.5, 0.6) is 0 Å². The molecule has 3 atom stereocenters. The van der Waals surface area contributed by atoms with Crippen LogP contribution in [0.15, 0.2) is 24.3 Å². The first-order chi connectivity index (χ1) is 10.2. The predicted octanol–water partition coefficient (Wildman–Crippen LogP) is 2.06. The molecule has 1 heterocycles. The Morgan fingerprint density at radius 1 is 1.32 bits per heavy atom. The first-order valence-electron chi connectivity index (χ1n) is 7.06. The Labute approximate surface area is 136 Å². The lowest BCUT2D eigenvalue weighted by Gasteiger charge is -2.22. The van der Waals surface area contributed by atoms with Crippen LogP contribution in [0.4, 0.5) is 0 Å². The summed E-state index contributed by atoms with van der Waals surface area (Å²) in [6.45, 7) is 5.32. The molecule has 0 aliphatic carbocycles. The summed E-state index contributed by atoms with van der Waals surface area (Å²) in [6.07, 6.45) is 0.184. The van der Waals surface area contributed by atoms with Crippen LogP contribution in [0.3, 0.4) is 0 Å². The summed E-state index contributed by atoms with van der Waals surface area (Å²) in [5, 5.41) is 2.85. The Balaban J connectivity index is 2.24. The number of rotatable bonds is 3. The molecule has 1 aliphatic rings. The highest BCUT2D eigenvalue weighted by Crippen LogP contribution is 2.34. The van der Waals surface area contributed by atoms with E-state index in [4.69, 9.17) is 16.3 Å². The topological polar surface area (TPSA) is 72.5 Å². The Morgan fingerprint density at radius 2 is 1.95 bits per heavy atom. The lowest BCUT2D eigenvalue weighted by molar-refractivity contribution is -0.157. The van der Waals surface area contributed by atoms with Gasteiger partial charge in [0, 0.05) is 5.02 Å². The quantitative estimate of drug-likeness (QED) is 0.648. The molecule has 0 spiro atoms. The van der Waals surface area contributed by atoms with Crippen LogP contribution >= 0.6 is 11.6 Å². The van der Waals surface area contributed by atoms with Crippen molar-refractivity contribution < 1.29 is 17.9 Å². The highest BCUT2D eigenvalue weighted by Gasteiger charge is 2.42. The van der Waals surface area contributed by atoms with Gasteiger partial charge in [0.15, 0.2) is 0 Å². The third kappa shape index (κ3) is 4.00. The monoisotopic (exact) mass is 345 g/mol. The van der Waals surface area contributed by atoms with Gasteiger partial charge in [0.25, 0.3) is 0 Å². The number of hydrogen-bond donors (Lipinski definition) is 2. The number of ether oxygens (including phenoxy) is 1. The van der Waals surface area contributed by atoms with Gasteiger partial charge in [0.2, 0.25) is 0 Å². The number of thiol groups is 1. The van der Waals surface area contributed by atoms with Crippen LogP contribution in [0.2, 0.25) is 5.02 Å². The molecule has 0 saturated carbocycles. The van der Waals surface area contributed by atoms with Crippen LogP contribution in [0.1, 0.15) is 38.8 Å². The number of carbonyl (C=O) groups excluding carboxylic acids is 1. The van der Waals surface area contributed by atoms with Gasteiger partial charge in [0.1, 0.15) is 22.3 Å². The number of hydrogen-bond acceptors (Lipinski definition) is 5. The van der Waals surface area contributed by atoms with Gasteiger partial charge >= 0.3 is 5.97 Å². The van der Waals surface area contributed by atoms with Crippen LogP contribution in [-0.2, 0) is 20.2 Å². The molecule has 5 nitrogen and oxygen atoms in total. The minimum Gasteiger partial charge on any atom is -0.459 e. The molecule has 7 heteroatoms. The molecule has 0 radical (unpaired) electrons. The Hall–Kier alpha value is -1.11. The van der Waals surface area contributed by atoms with Crippen molar-refractivity contribution >= 4 is 28.3 Å². The van der Waals surface area contributed by atoms with Gasteiger partial charge in [0.05, 0.1) is 11.3 Å². The Kier molecular flexibility index (Phi) is 5.14. The zero-order valence-corrected chi connectivity index (χ0v) is 14.4. The van der Waals surface area contributed by atoms with E-state index in [1.807, 2.05) is 0 Å². The van der Waals surface area contributed by atoms with E-state index in [-0.39, 0.29) is 6.42 Å². The molecule has 2 unspecified atom stereocenters. The zero-order chi connectivity index (χ0) is 16.5. The highest BCUT2D eigenvalue weighted by atomic mass is 35.5. The van der Waals surface area contributed by atoms with Crippen molar-refractivity contribution in [1.29, 1.82) is 0 Å². The average Bonchev–Trinajstić information content (AvgIpc) is 2.82. The minimum atomic E-state index is -2.69. The normalized spacial score (nSPS) is 25.4. The molecule has 1 fully saturated rings. The molecule has 1 aliphatic heterocycles. The van der Waals surface area contributed by atoms with Gasteiger partial charge in [-0.15, -0.1) is 0 Å². The van der Waals surface area contributed by atoms with Crippen molar-refractivity contribution in [3.63, 3.8) is 0 Å². The first kappa shape index (κ1) is 17.2. The molecule has 0 amide bonds. The molecule has 1 aromatic carbocycles. The number of esters is 1. The van der Waals surface area contributed by atoms with Crippen LogP contribution < -0.4 is 5.32 Å². The minimum absolute atomic E-state index is 0.184. The maximum Gasteiger partial charge on any atom is 0.323 e. The van der Waals surface area contributed by atoms with Gasteiger partial charge < -0.3 is 4.74 Å². The maximum atomic E-state index is 12.2. The molecule has 1 aromatic rings. The van der Waals surface area contributed by atoms with Crippen LogP contribution in [0, 0.1) is 0 Å². The van der Waals surface area contributed by atoms with E-state index >= 15 is 0 Å². The fourth-order valence-electron chi connectivity index (χ4n) is 2.54. The predicted molar refractivity (Wildman–Crippen MR) is 85.7 cm³/mol. The molecular weight excluding hydrogens is 326 g/mol. The van der Waals surface area contributed by atoms with E-state index in [0.717, 1.165) is 0 Å². The van der Waals surface area contributed by atoms with Gasteiger partial charge in [-0.1, -0.05) is 29.8 Å². The van der Waals surface area contributed by atoms with Gasteiger partial charge in [-0.25, -0.2) is 8.42 Å².